The Morgan fingerprint density at radius 1 is 1.45 bits per heavy atom. The third-order valence-electron chi connectivity index (χ3n) is 4.05. The van der Waals surface area contributed by atoms with Gasteiger partial charge < -0.3 is 11.1 Å². The fourth-order valence-corrected chi connectivity index (χ4v) is 2.85. The summed E-state index contributed by atoms with van der Waals surface area (Å²) in [7, 11) is 0. The van der Waals surface area contributed by atoms with Crippen LogP contribution in [0.2, 0.25) is 0 Å². The molecule has 4 heteroatoms. The number of benzene rings is 1. The highest BCUT2D eigenvalue weighted by atomic mass is 16.2. The van der Waals surface area contributed by atoms with Gasteiger partial charge in [0.15, 0.2) is 0 Å². The van der Waals surface area contributed by atoms with Gasteiger partial charge in [0.25, 0.3) is 0 Å². The van der Waals surface area contributed by atoms with Crippen molar-refractivity contribution in [1.29, 1.82) is 0 Å². The highest BCUT2D eigenvalue weighted by molar-refractivity contribution is 5.81. The Morgan fingerprint density at radius 2 is 2.20 bits per heavy atom. The monoisotopic (exact) mass is 275 g/mol. The van der Waals surface area contributed by atoms with Crippen molar-refractivity contribution in [3.63, 3.8) is 0 Å². The molecule has 3 N–H and O–H groups in total. The fourth-order valence-electron chi connectivity index (χ4n) is 2.85. The summed E-state index contributed by atoms with van der Waals surface area (Å²) < 4.78 is 0. The largest absolute Gasteiger partial charge is 0.353 e. The molecule has 0 spiro atoms. The first-order valence-corrected chi connectivity index (χ1v) is 7.52. The number of hydrogen-bond acceptors (Lipinski definition) is 3. The molecule has 0 bridgehead atoms. The van der Waals surface area contributed by atoms with Crippen LogP contribution in [0, 0.1) is 0 Å². The SMILES string of the molecule is CCN1CCCC1CNC(=O)[C@@H](N)Cc1ccccc1. The molecule has 1 saturated heterocycles. The Kier molecular flexibility index (Phi) is 5.56. The number of rotatable bonds is 6. The Hall–Kier alpha value is -1.39. The summed E-state index contributed by atoms with van der Waals surface area (Å²) >= 11 is 0. The summed E-state index contributed by atoms with van der Waals surface area (Å²) in [6.07, 6.45) is 2.99. The number of nitrogens with two attached hydrogens (primary N) is 1. The number of likely N-dealkylation sites (tertiary alicyclic amines) is 1. The van der Waals surface area contributed by atoms with E-state index in [0.29, 0.717) is 12.5 Å². The van der Waals surface area contributed by atoms with Crippen LogP contribution in [0.5, 0.6) is 0 Å². The normalized spacial score (nSPS) is 20.8. The lowest BCUT2D eigenvalue weighted by molar-refractivity contribution is -0.122. The van der Waals surface area contributed by atoms with Gasteiger partial charge in [0, 0.05) is 12.6 Å². The summed E-state index contributed by atoms with van der Waals surface area (Å²) in [5.74, 6) is -0.0446. The number of nitrogens with zero attached hydrogens (tertiary/aromatic N) is 1. The summed E-state index contributed by atoms with van der Waals surface area (Å²) in [4.78, 5) is 14.5. The van der Waals surface area contributed by atoms with Gasteiger partial charge in [0.2, 0.25) is 5.91 Å². The van der Waals surface area contributed by atoms with E-state index in [2.05, 4.69) is 17.1 Å². The number of likely N-dealkylation sites (N-methyl/N-ethyl adjacent to an activating group) is 1. The summed E-state index contributed by atoms with van der Waals surface area (Å²) in [5.41, 5.74) is 7.08. The van der Waals surface area contributed by atoms with E-state index in [1.807, 2.05) is 30.3 Å². The van der Waals surface area contributed by atoms with Gasteiger partial charge in [-0.05, 0) is 37.9 Å². The molecule has 110 valence electrons. The van der Waals surface area contributed by atoms with Crippen LogP contribution in [-0.2, 0) is 11.2 Å². The number of hydrogen-bond donors (Lipinski definition) is 2. The molecule has 2 atom stereocenters. The van der Waals surface area contributed by atoms with Crippen LogP contribution in [0.4, 0.5) is 0 Å². The smallest absolute Gasteiger partial charge is 0.237 e. The Morgan fingerprint density at radius 3 is 2.90 bits per heavy atom. The molecule has 1 aliphatic rings. The zero-order valence-electron chi connectivity index (χ0n) is 12.2. The third kappa shape index (κ3) is 4.05. The molecular formula is C16H25N3O. The molecule has 1 heterocycles. The standard InChI is InChI=1S/C16H25N3O/c1-2-19-10-6-9-14(19)12-18-16(20)15(17)11-13-7-4-3-5-8-13/h3-5,7-8,14-15H,2,6,9-12,17H2,1H3,(H,18,20)/t14?,15-/m0/s1. The van der Waals surface area contributed by atoms with Gasteiger partial charge >= 0.3 is 0 Å². The first-order chi connectivity index (χ1) is 9.70. The lowest BCUT2D eigenvalue weighted by atomic mass is 10.1. The fraction of sp³-hybridized carbons (Fsp3) is 0.562. The van der Waals surface area contributed by atoms with Crippen molar-refractivity contribution >= 4 is 5.91 Å². The van der Waals surface area contributed by atoms with E-state index in [9.17, 15) is 4.79 Å². The van der Waals surface area contributed by atoms with E-state index >= 15 is 0 Å². The number of carbonyl (C=O) groups excluding carboxylic acids is 1. The van der Waals surface area contributed by atoms with Gasteiger partial charge in [-0.3, -0.25) is 9.69 Å². The Labute approximate surface area is 121 Å². The molecule has 1 amide bonds. The maximum atomic E-state index is 12.0. The second kappa shape index (κ2) is 7.41. The van der Waals surface area contributed by atoms with Crippen LogP contribution in [-0.4, -0.2) is 42.5 Å². The zero-order chi connectivity index (χ0) is 14.4. The molecule has 0 aromatic heterocycles. The topological polar surface area (TPSA) is 58.4 Å². The predicted molar refractivity (Wildman–Crippen MR) is 81.4 cm³/mol. The molecule has 20 heavy (non-hydrogen) atoms. The van der Waals surface area contributed by atoms with Gasteiger partial charge in [-0.1, -0.05) is 37.3 Å². The van der Waals surface area contributed by atoms with Crippen molar-refractivity contribution in [2.45, 2.75) is 38.3 Å². The predicted octanol–water partition coefficient (Wildman–Crippen LogP) is 1.16. The molecule has 1 unspecified atom stereocenters. The van der Waals surface area contributed by atoms with Gasteiger partial charge in [-0.25, -0.2) is 0 Å². The summed E-state index contributed by atoms with van der Waals surface area (Å²) in [6, 6.07) is 9.93. The van der Waals surface area contributed by atoms with Crippen molar-refractivity contribution in [3.05, 3.63) is 35.9 Å². The minimum Gasteiger partial charge on any atom is -0.353 e. The first-order valence-electron chi connectivity index (χ1n) is 7.52. The molecule has 2 rings (SSSR count). The average Bonchev–Trinajstić information content (AvgIpc) is 2.93. The van der Waals surface area contributed by atoms with E-state index in [1.54, 1.807) is 0 Å². The van der Waals surface area contributed by atoms with E-state index in [4.69, 9.17) is 5.73 Å². The zero-order valence-corrected chi connectivity index (χ0v) is 12.2. The van der Waals surface area contributed by atoms with E-state index in [-0.39, 0.29) is 5.91 Å². The molecular weight excluding hydrogens is 250 g/mol. The maximum absolute atomic E-state index is 12.0. The van der Waals surface area contributed by atoms with Crippen LogP contribution in [0.25, 0.3) is 0 Å². The van der Waals surface area contributed by atoms with Crippen molar-refractivity contribution < 1.29 is 4.79 Å². The molecule has 0 saturated carbocycles. The highest BCUT2D eigenvalue weighted by Crippen LogP contribution is 2.15. The van der Waals surface area contributed by atoms with Gasteiger partial charge in [-0.2, -0.15) is 0 Å². The van der Waals surface area contributed by atoms with Gasteiger partial charge in [0.1, 0.15) is 0 Å². The second-order valence-electron chi connectivity index (χ2n) is 5.47. The maximum Gasteiger partial charge on any atom is 0.237 e. The van der Waals surface area contributed by atoms with Crippen molar-refractivity contribution in [1.82, 2.24) is 10.2 Å². The summed E-state index contributed by atoms with van der Waals surface area (Å²) in [5, 5.41) is 3.00. The van der Waals surface area contributed by atoms with Crippen molar-refractivity contribution in [2.75, 3.05) is 19.6 Å². The molecule has 0 aliphatic carbocycles. The van der Waals surface area contributed by atoms with Crippen molar-refractivity contribution in [2.24, 2.45) is 5.73 Å². The minimum absolute atomic E-state index is 0.0446. The van der Waals surface area contributed by atoms with Crippen LogP contribution in [0.1, 0.15) is 25.3 Å². The van der Waals surface area contributed by atoms with Gasteiger partial charge in [-0.15, -0.1) is 0 Å². The van der Waals surface area contributed by atoms with Crippen molar-refractivity contribution in [3.8, 4) is 0 Å². The molecule has 1 aromatic rings. The van der Waals surface area contributed by atoms with Crippen LogP contribution >= 0.6 is 0 Å². The lowest BCUT2D eigenvalue weighted by Gasteiger charge is -2.23. The molecule has 1 aromatic carbocycles. The van der Waals surface area contributed by atoms with E-state index in [1.165, 1.54) is 12.8 Å². The first kappa shape index (κ1) is 15.0. The van der Waals surface area contributed by atoms with Crippen LogP contribution < -0.4 is 11.1 Å². The van der Waals surface area contributed by atoms with E-state index < -0.39 is 6.04 Å². The molecule has 1 aliphatic heterocycles. The summed E-state index contributed by atoms with van der Waals surface area (Å²) in [6.45, 7) is 5.08. The molecule has 4 nitrogen and oxygen atoms in total. The van der Waals surface area contributed by atoms with Crippen LogP contribution in [0.15, 0.2) is 30.3 Å². The van der Waals surface area contributed by atoms with Gasteiger partial charge in [0.05, 0.1) is 6.04 Å². The lowest BCUT2D eigenvalue weighted by Crippen LogP contribution is -2.47. The molecule has 1 fully saturated rings. The quantitative estimate of drug-likeness (QED) is 0.819. The highest BCUT2D eigenvalue weighted by Gasteiger charge is 2.24. The molecule has 0 radical (unpaired) electrons. The second-order valence-corrected chi connectivity index (χ2v) is 5.47. The third-order valence-corrected chi connectivity index (χ3v) is 4.05. The minimum atomic E-state index is -0.464. The number of carbonyl (C=O) groups is 1. The number of amides is 1. The number of nitrogens with one attached hydrogen (secondary N) is 1. The van der Waals surface area contributed by atoms with E-state index in [0.717, 1.165) is 25.2 Å². The van der Waals surface area contributed by atoms with Crippen LogP contribution in [0.3, 0.4) is 0 Å². The Balaban J connectivity index is 1.77. The Bertz CT molecular complexity index is 421. The average molecular weight is 275 g/mol.